The van der Waals surface area contributed by atoms with Gasteiger partial charge in [-0.2, -0.15) is 0 Å². The van der Waals surface area contributed by atoms with Crippen molar-refractivity contribution in [2.45, 2.75) is 64.8 Å². The van der Waals surface area contributed by atoms with Gasteiger partial charge in [0.1, 0.15) is 11.8 Å². The van der Waals surface area contributed by atoms with Crippen molar-refractivity contribution in [3.05, 3.63) is 94.8 Å². The maximum Gasteiger partial charge on any atom is 0.272 e. The second-order valence-corrected chi connectivity index (χ2v) is 11.5. The van der Waals surface area contributed by atoms with E-state index in [-0.39, 0.29) is 24.3 Å². The van der Waals surface area contributed by atoms with E-state index in [0.717, 1.165) is 0 Å². The van der Waals surface area contributed by atoms with Crippen LogP contribution in [0, 0.1) is 19.3 Å². The summed E-state index contributed by atoms with van der Waals surface area (Å²) in [6.45, 7) is 4.53. The van der Waals surface area contributed by atoms with E-state index >= 15 is 8.78 Å². The number of hydrogen-bond acceptors (Lipinski definition) is 6. The lowest BCUT2D eigenvalue weighted by molar-refractivity contribution is -0.148. The number of aliphatic hydroxyl groups excluding tert-OH is 1. The quantitative estimate of drug-likeness (QED) is 0.301. The van der Waals surface area contributed by atoms with Crippen LogP contribution in [0.5, 0.6) is 5.75 Å². The summed E-state index contributed by atoms with van der Waals surface area (Å²) in [4.78, 5) is 45.3. The Hall–Kier alpha value is -4.38. The summed E-state index contributed by atoms with van der Waals surface area (Å²) in [6, 6.07) is 14.0. The van der Waals surface area contributed by atoms with Crippen LogP contribution in [0.4, 0.5) is 8.78 Å². The molecular formula is C32H36F2N4O5. The van der Waals surface area contributed by atoms with Gasteiger partial charge < -0.3 is 25.7 Å². The molecule has 1 aromatic heterocycles. The van der Waals surface area contributed by atoms with E-state index < -0.39 is 53.8 Å². The zero-order valence-electron chi connectivity index (χ0n) is 24.5. The van der Waals surface area contributed by atoms with Crippen LogP contribution in [-0.2, 0) is 22.6 Å². The molecule has 0 radical (unpaired) electrons. The molecule has 0 aliphatic carbocycles. The van der Waals surface area contributed by atoms with Crippen molar-refractivity contribution >= 4 is 17.7 Å². The van der Waals surface area contributed by atoms with Gasteiger partial charge in [-0.25, -0.2) is 8.78 Å². The van der Waals surface area contributed by atoms with Crippen molar-refractivity contribution in [1.29, 1.82) is 0 Å². The number of nitrogens with zero attached hydrogens (tertiary/aromatic N) is 2. The smallest absolute Gasteiger partial charge is 0.272 e. The monoisotopic (exact) mass is 594 g/mol. The molecule has 0 spiro atoms. The summed E-state index contributed by atoms with van der Waals surface area (Å²) in [5.74, 6) is -6.15. The number of pyridine rings is 1. The van der Waals surface area contributed by atoms with Crippen LogP contribution < -0.4 is 10.6 Å². The Labute approximate surface area is 248 Å². The number of halogens is 2. The number of rotatable bonds is 9. The van der Waals surface area contributed by atoms with Gasteiger partial charge in [-0.3, -0.25) is 19.4 Å². The molecule has 43 heavy (non-hydrogen) atoms. The molecule has 3 amide bonds. The number of aliphatic hydroxyl groups is 1. The minimum absolute atomic E-state index is 0.0134. The molecule has 228 valence electrons. The summed E-state index contributed by atoms with van der Waals surface area (Å²) in [7, 11) is 0. The van der Waals surface area contributed by atoms with Crippen molar-refractivity contribution in [2.24, 2.45) is 5.41 Å². The Bertz CT molecular complexity index is 1480. The molecule has 0 saturated carbocycles. The van der Waals surface area contributed by atoms with Gasteiger partial charge >= 0.3 is 0 Å². The highest BCUT2D eigenvalue weighted by Gasteiger charge is 2.64. The second-order valence-electron chi connectivity index (χ2n) is 11.5. The molecular weight excluding hydrogens is 558 g/mol. The number of amides is 3. The zero-order chi connectivity index (χ0) is 31.5. The predicted octanol–water partition coefficient (Wildman–Crippen LogP) is 3.29. The summed E-state index contributed by atoms with van der Waals surface area (Å²) < 4.78 is 30.6. The fourth-order valence-corrected chi connectivity index (χ4v) is 5.32. The number of carbonyl (C=O) groups excluding carboxylic acids is 3. The van der Waals surface area contributed by atoms with Gasteiger partial charge in [0.2, 0.25) is 5.91 Å². The maximum absolute atomic E-state index is 15.3. The van der Waals surface area contributed by atoms with Crippen LogP contribution in [0.25, 0.3) is 0 Å². The number of benzene rings is 2. The number of aryl methyl sites for hydroxylation is 1. The highest BCUT2D eigenvalue weighted by molar-refractivity contribution is 5.97. The van der Waals surface area contributed by atoms with Crippen LogP contribution in [0.1, 0.15) is 46.6 Å². The molecule has 1 fully saturated rings. The molecule has 2 heterocycles. The molecule has 1 unspecified atom stereocenters. The number of nitrogens with one attached hydrogen (secondary N) is 2. The van der Waals surface area contributed by atoms with Gasteiger partial charge in [0.15, 0.2) is 6.10 Å². The first-order chi connectivity index (χ1) is 20.2. The Kier molecular flexibility index (Phi) is 9.15. The van der Waals surface area contributed by atoms with Crippen molar-refractivity contribution in [3.8, 4) is 5.75 Å². The number of carbonyl (C=O) groups is 3. The van der Waals surface area contributed by atoms with E-state index in [2.05, 4.69) is 15.6 Å². The number of hydrogen-bond donors (Lipinski definition) is 4. The van der Waals surface area contributed by atoms with Crippen molar-refractivity contribution in [3.63, 3.8) is 0 Å². The van der Waals surface area contributed by atoms with Gasteiger partial charge in [0.05, 0.1) is 30.2 Å². The van der Waals surface area contributed by atoms with E-state index in [4.69, 9.17) is 0 Å². The third-order valence-corrected chi connectivity index (χ3v) is 8.03. The zero-order valence-corrected chi connectivity index (χ0v) is 24.5. The van der Waals surface area contributed by atoms with E-state index in [9.17, 15) is 24.6 Å². The summed E-state index contributed by atoms with van der Waals surface area (Å²) in [5, 5.41) is 26.9. The van der Waals surface area contributed by atoms with Crippen molar-refractivity contribution in [2.75, 3.05) is 6.54 Å². The number of aromatic hydroxyl groups is 1. The molecule has 0 bridgehead atoms. The Morgan fingerprint density at radius 1 is 1.07 bits per heavy atom. The predicted molar refractivity (Wildman–Crippen MR) is 155 cm³/mol. The van der Waals surface area contributed by atoms with Gasteiger partial charge in [0.25, 0.3) is 17.7 Å². The van der Waals surface area contributed by atoms with Gasteiger partial charge in [0, 0.05) is 17.3 Å². The molecule has 1 saturated heterocycles. The SMILES string of the molecule is Cc1cc(O)c(C)c(C(=O)N[C@@H](Cc2ccccc2)[C@H](O)C(=O)N2CC(F)(F)C(C)(C)C2C(=O)NCc2ccccn2)c1. The fraction of sp³-hybridized carbons (Fsp3) is 0.375. The van der Waals surface area contributed by atoms with E-state index in [1.54, 1.807) is 68.4 Å². The van der Waals surface area contributed by atoms with Crippen LogP contribution in [0.15, 0.2) is 66.9 Å². The number of phenols is 1. The first-order valence-electron chi connectivity index (χ1n) is 13.9. The second kappa shape index (κ2) is 12.5. The Morgan fingerprint density at radius 2 is 1.74 bits per heavy atom. The van der Waals surface area contributed by atoms with E-state index in [1.165, 1.54) is 26.1 Å². The average molecular weight is 595 g/mol. The van der Waals surface area contributed by atoms with Crippen molar-refractivity contribution in [1.82, 2.24) is 20.5 Å². The first-order valence-corrected chi connectivity index (χ1v) is 13.9. The summed E-state index contributed by atoms with van der Waals surface area (Å²) in [6.07, 6.45) is -0.457. The summed E-state index contributed by atoms with van der Waals surface area (Å²) in [5.41, 5.74) is 0.249. The molecule has 11 heteroatoms. The molecule has 1 aliphatic rings. The number of alkyl halides is 2. The van der Waals surface area contributed by atoms with Crippen LogP contribution in [0.3, 0.4) is 0 Å². The van der Waals surface area contributed by atoms with Crippen LogP contribution in [-0.4, -0.2) is 68.5 Å². The number of likely N-dealkylation sites (tertiary alicyclic amines) is 1. The van der Waals surface area contributed by atoms with Crippen LogP contribution >= 0.6 is 0 Å². The highest BCUT2D eigenvalue weighted by Crippen LogP contribution is 2.48. The highest BCUT2D eigenvalue weighted by atomic mass is 19.3. The number of phenolic OH excluding ortho intramolecular Hbond substituents is 1. The lowest BCUT2D eigenvalue weighted by atomic mass is 9.81. The number of aromatic nitrogens is 1. The van der Waals surface area contributed by atoms with E-state index in [1.807, 2.05) is 0 Å². The first kappa shape index (κ1) is 31.6. The van der Waals surface area contributed by atoms with Gasteiger partial charge in [-0.15, -0.1) is 0 Å². The Balaban J connectivity index is 1.63. The van der Waals surface area contributed by atoms with Gasteiger partial charge in [-0.1, -0.05) is 50.2 Å². The minimum atomic E-state index is -3.45. The molecule has 3 aromatic rings. The summed E-state index contributed by atoms with van der Waals surface area (Å²) >= 11 is 0. The Morgan fingerprint density at radius 3 is 2.40 bits per heavy atom. The normalized spacial score (nSPS) is 18.5. The minimum Gasteiger partial charge on any atom is -0.508 e. The molecule has 4 rings (SSSR count). The maximum atomic E-state index is 15.3. The van der Waals surface area contributed by atoms with Crippen LogP contribution in [0.2, 0.25) is 0 Å². The van der Waals surface area contributed by atoms with E-state index in [0.29, 0.717) is 27.3 Å². The largest absolute Gasteiger partial charge is 0.508 e. The third-order valence-electron chi connectivity index (χ3n) is 8.03. The standard InChI is InChI=1S/C32H36F2N4O5/c1-19-14-23(20(2)25(39)15-19)28(41)37-24(16-21-10-6-5-7-11-21)26(40)30(43)38-18-32(33,34)31(3,4)27(38)29(42)36-17-22-12-8-9-13-35-22/h5-15,24,26-27,39-40H,16-18H2,1-4H3,(H,36,42)(H,37,41)/t24-,26-,27?/m0/s1. The lowest BCUT2D eigenvalue weighted by Crippen LogP contribution is -2.57. The lowest BCUT2D eigenvalue weighted by Gasteiger charge is -2.34. The topological polar surface area (TPSA) is 132 Å². The molecule has 2 aromatic carbocycles. The third kappa shape index (κ3) is 6.67. The van der Waals surface area contributed by atoms with Gasteiger partial charge in [-0.05, 0) is 55.7 Å². The molecule has 4 N–H and O–H groups in total. The molecule has 3 atom stereocenters. The molecule has 1 aliphatic heterocycles. The fourth-order valence-electron chi connectivity index (χ4n) is 5.32. The molecule has 9 nitrogen and oxygen atoms in total. The van der Waals surface area contributed by atoms with Crippen molar-refractivity contribution < 1.29 is 33.4 Å². The average Bonchev–Trinajstić information content (AvgIpc) is 3.16.